The van der Waals surface area contributed by atoms with Gasteiger partial charge in [-0.1, -0.05) is 24.3 Å². The molecule has 6 heteroatoms. The fourth-order valence-corrected chi connectivity index (χ4v) is 4.93. The first-order chi connectivity index (χ1) is 15.0. The second-order valence-electron chi connectivity index (χ2n) is 7.84. The zero-order valence-corrected chi connectivity index (χ0v) is 18.2. The van der Waals surface area contributed by atoms with E-state index < -0.39 is 0 Å². The molecule has 3 aromatic rings. The number of ether oxygens (including phenoxy) is 1. The van der Waals surface area contributed by atoms with Crippen molar-refractivity contribution in [3.05, 3.63) is 82.2 Å². The lowest BCUT2D eigenvalue weighted by Gasteiger charge is -2.22. The molecular formula is C25H22N2O3S. The lowest BCUT2D eigenvalue weighted by atomic mass is 10.1. The second kappa shape index (κ2) is 7.71. The first kappa shape index (κ1) is 19.6. The van der Waals surface area contributed by atoms with E-state index in [0.717, 1.165) is 17.0 Å². The highest BCUT2D eigenvalue weighted by molar-refractivity contribution is 7.11. The molecule has 3 heterocycles. The Morgan fingerprint density at radius 2 is 1.71 bits per heavy atom. The minimum atomic E-state index is -0.289. The Morgan fingerprint density at radius 1 is 0.935 bits per heavy atom. The van der Waals surface area contributed by atoms with Crippen molar-refractivity contribution >= 4 is 40.1 Å². The number of hydrogen-bond donors (Lipinski definition) is 0. The van der Waals surface area contributed by atoms with Crippen molar-refractivity contribution in [2.24, 2.45) is 0 Å². The summed E-state index contributed by atoms with van der Waals surface area (Å²) in [7, 11) is 0. The van der Waals surface area contributed by atoms with Gasteiger partial charge in [-0.25, -0.2) is 4.90 Å². The quantitative estimate of drug-likeness (QED) is 0.541. The SMILES string of the molecule is CC(C)Oc1ccc(N2C(=O)C(c3cccs3)=C(N3CCc4ccccc43)C2=O)cc1. The number of hydrogen-bond acceptors (Lipinski definition) is 5. The number of nitrogens with zero attached hydrogens (tertiary/aromatic N) is 2. The number of benzene rings is 2. The van der Waals surface area contributed by atoms with Gasteiger partial charge in [-0.2, -0.15) is 0 Å². The van der Waals surface area contributed by atoms with E-state index in [2.05, 4.69) is 6.07 Å². The lowest BCUT2D eigenvalue weighted by molar-refractivity contribution is -0.120. The van der Waals surface area contributed by atoms with Crippen molar-refractivity contribution in [3.63, 3.8) is 0 Å². The minimum Gasteiger partial charge on any atom is -0.491 e. The predicted octanol–water partition coefficient (Wildman–Crippen LogP) is 4.88. The summed E-state index contributed by atoms with van der Waals surface area (Å²) < 4.78 is 5.70. The van der Waals surface area contributed by atoms with Crippen molar-refractivity contribution < 1.29 is 14.3 Å². The normalized spacial score (nSPS) is 16.0. The summed E-state index contributed by atoms with van der Waals surface area (Å²) in [5.41, 5.74) is 3.66. The van der Waals surface area contributed by atoms with E-state index in [-0.39, 0.29) is 17.9 Å². The zero-order chi connectivity index (χ0) is 21.5. The van der Waals surface area contributed by atoms with Crippen molar-refractivity contribution in [2.45, 2.75) is 26.4 Å². The largest absolute Gasteiger partial charge is 0.491 e. The van der Waals surface area contributed by atoms with Crippen LogP contribution in [0.5, 0.6) is 5.75 Å². The molecular weight excluding hydrogens is 408 g/mol. The number of carbonyl (C=O) groups is 2. The monoisotopic (exact) mass is 430 g/mol. The molecule has 0 atom stereocenters. The van der Waals surface area contributed by atoms with Crippen LogP contribution >= 0.6 is 11.3 Å². The molecule has 0 saturated heterocycles. The van der Waals surface area contributed by atoms with Gasteiger partial charge in [0.25, 0.3) is 11.8 Å². The molecule has 31 heavy (non-hydrogen) atoms. The molecule has 2 aliphatic heterocycles. The van der Waals surface area contributed by atoms with Crippen molar-refractivity contribution in [3.8, 4) is 5.75 Å². The number of imide groups is 1. The van der Waals surface area contributed by atoms with Gasteiger partial charge >= 0.3 is 0 Å². The van der Waals surface area contributed by atoms with E-state index in [4.69, 9.17) is 4.74 Å². The van der Waals surface area contributed by atoms with Gasteiger partial charge in [0.15, 0.2) is 0 Å². The van der Waals surface area contributed by atoms with Gasteiger partial charge in [0.1, 0.15) is 11.4 Å². The molecule has 0 saturated carbocycles. The molecule has 2 aliphatic rings. The smallest absolute Gasteiger partial charge is 0.282 e. The van der Waals surface area contributed by atoms with Gasteiger partial charge in [0, 0.05) is 17.1 Å². The standard InChI is InChI=1S/C25H22N2O3S/c1-16(2)30-19-11-9-18(10-12-19)27-24(28)22(21-8-5-15-31-21)23(25(27)29)26-14-13-17-6-3-4-7-20(17)26/h3-12,15-16H,13-14H2,1-2H3. The fraction of sp³-hybridized carbons (Fsp3) is 0.200. The molecule has 0 aliphatic carbocycles. The van der Waals surface area contributed by atoms with E-state index >= 15 is 0 Å². The summed E-state index contributed by atoms with van der Waals surface area (Å²) in [6, 6.07) is 19.0. The van der Waals surface area contributed by atoms with Crippen LogP contribution in [0.2, 0.25) is 0 Å². The second-order valence-corrected chi connectivity index (χ2v) is 8.79. The van der Waals surface area contributed by atoms with E-state index in [1.165, 1.54) is 21.8 Å². The van der Waals surface area contributed by atoms with Crippen LogP contribution in [-0.2, 0) is 16.0 Å². The molecule has 0 spiro atoms. The number of carbonyl (C=O) groups excluding carboxylic acids is 2. The highest BCUT2D eigenvalue weighted by atomic mass is 32.1. The molecule has 2 aromatic carbocycles. The summed E-state index contributed by atoms with van der Waals surface area (Å²) in [4.78, 5) is 31.3. The van der Waals surface area contributed by atoms with E-state index in [1.807, 2.05) is 54.5 Å². The molecule has 156 valence electrons. The molecule has 0 radical (unpaired) electrons. The van der Waals surface area contributed by atoms with Crippen molar-refractivity contribution in [1.29, 1.82) is 0 Å². The summed E-state index contributed by atoms with van der Waals surface area (Å²) in [5, 5.41) is 1.93. The molecule has 5 rings (SSSR count). The summed E-state index contributed by atoms with van der Waals surface area (Å²) >= 11 is 1.47. The van der Waals surface area contributed by atoms with Crippen LogP contribution in [-0.4, -0.2) is 24.5 Å². The average Bonchev–Trinajstić information content (AvgIpc) is 3.47. The van der Waals surface area contributed by atoms with E-state index in [1.54, 1.807) is 24.3 Å². The Morgan fingerprint density at radius 3 is 2.42 bits per heavy atom. The topological polar surface area (TPSA) is 49.9 Å². The Hall–Kier alpha value is -3.38. The first-order valence-corrected chi connectivity index (χ1v) is 11.2. The molecule has 1 aromatic heterocycles. The summed E-state index contributed by atoms with van der Waals surface area (Å²) in [6.07, 6.45) is 0.898. The first-order valence-electron chi connectivity index (χ1n) is 10.3. The van der Waals surface area contributed by atoms with Crippen LogP contribution in [0.1, 0.15) is 24.3 Å². The molecule has 0 N–H and O–H groups in total. The maximum atomic E-state index is 13.7. The number of thiophene rings is 1. The highest BCUT2D eigenvalue weighted by Gasteiger charge is 2.44. The van der Waals surface area contributed by atoms with Gasteiger partial charge in [-0.3, -0.25) is 9.59 Å². The van der Waals surface area contributed by atoms with Gasteiger partial charge < -0.3 is 9.64 Å². The lowest BCUT2D eigenvalue weighted by Crippen LogP contribution is -2.34. The number of para-hydroxylation sites is 1. The molecule has 0 fully saturated rings. The predicted molar refractivity (Wildman–Crippen MR) is 123 cm³/mol. The third-order valence-electron chi connectivity index (χ3n) is 5.45. The van der Waals surface area contributed by atoms with Crippen LogP contribution in [0.15, 0.2) is 71.7 Å². The number of anilines is 2. The zero-order valence-electron chi connectivity index (χ0n) is 17.4. The Bertz CT molecular complexity index is 1180. The fourth-order valence-electron chi connectivity index (χ4n) is 4.16. The summed E-state index contributed by atoms with van der Waals surface area (Å²) in [5.74, 6) is 0.130. The van der Waals surface area contributed by atoms with Crippen LogP contribution in [0.3, 0.4) is 0 Å². The van der Waals surface area contributed by atoms with Crippen LogP contribution < -0.4 is 14.5 Å². The van der Waals surface area contributed by atoms with Crippen molar-refractivity contribution in [2.75, 3.05) is 16.3 Å². The van der Waals surface area contributed by atoms with Gasteiger partial charge in [-0.15, -0.1) is 11.3 Å². The number of rotatable bonds is 5. The van der Waals surface area contributed by atoms with Gasteiger partial charge in [-0.05, 0) is 67.6 Å². The average molecular weight is 431 g/mol. The maximum absolute atomic E-state index is 13.7. The van der Waals surface area contributed by atoms with Gasteiger partial charge in [0.2, 0.25) is 0 Å². The molecule has 0 unspecified atom stereocenters. The third-order valence-corrected chi connectivity index (χ3v) is 6.34. The molecule has 2 amide bonds. The van der Waals surface area contributed by atoms with Gasteiger partial charge in [0.05, 0.1) is 17.4 Å². The highest BCUT2D eigenvalue weighted by Crippen LogP contribution is 2.41. The summed E-state index contributed by atoms with van der Waals surface area (Å²) in [6.45, 7) is 4.59. The van der Waals surface area contributed by atoms with Crippen LogP contribution in [0.4, 0.5) is 11.4 Å². The Kier molecular flexibility index (Phi) is 4.87. The third kappa shape index (κ3) is 3.33. The van der Waals surface area contributed by atoms with E-state index in [0.29, 0.717) is 29.3 Å². The number of fused-ring (bicyclic) bond motifs is 1. The maximum Gasteiger partial charge on any atom is 0.282 e. The number of amides is 2. The van der Waals surface area contributed by atoms with E-state index in [9.17, 15) is 9.59 Å². The van der Waals surface area contributed by atoms with Crippen LogP contribution in [0.25, 0.3) is 5.57 Å². The Labute approximate surface area is 185 Å². The van der Waals surface area contributed by atoms with Crippen LogP contribution in [0, 0.1) is 0 Å². The molecule has 0 bridgehead atoms. The Balaban J connectivity index is 1.57. The molecule has 5 nitrogen and oxygen atoms in total. The minimum absolute atomic E-state index is 0.0508. The van der Waals surface area contributed by atoms with Crippen molar-refractivity contribution in [1.82, 2.24) is 0 Å².